The van der Waals surface area contributed by atoms with Gasteiger partial charge in [0.25, 0.3) is 5.56 Å². The Morgan fingerprint density at radius 3 is 2.67 bits per heavy atom. The van der Waals surface area contributed by atoms with Gasteiger partial charge < -0.3 is 4.90 Å². The van der Waals surface area contributed by atoms with Crippen molar-refractivity contribution >= 4 is 16.9 Å². The van der Waals surface area contributed by atoms with Crippen LogP contribution in [0.2, 0.25) is 0 Å². The summed E-state index contributed by atoms with van der Waals surface area (Å²) in [5, 5.41) is 0.585. The number of pyridine rings is 1. The van der Waals surface area contributed by atoms with Crippen LogP contribution in [0.4, 0.5) is 5.95 Å². The predicted octanol–water partition coefficient (Wildman–Crippen LogP) is 1.94. The first kappa shape index (κ1) is 12.5. The molecular formula is C13H18N4O. The summed E-state index contributed by atoms with van der Waals surface area (Å²) >= 11 is 0. The molecule has 0 atom stereocenters. The zero-order valence-corrected chi connectivity index (χ0v) is 10.8. The molecule has 0 saturated carbocycles. The molecule has 0 spiro atoms. The molecule has 0 aliphatic rings. The number of aromatic amines is 1. The van der Waals surface area contributed by atoms with E-state index in [1.807, 2.05) is 0 Å². The number of rotatable bonds is 5. The molecule has 0 unspecified atom stereocenters. The van der Waals surface area contributed by atoms with Crippen molar-refractivity contribution in [2.75, 3.05) is 18.0 Å². The van der Waals surface area contributed by atoms with Gasteiger partial charge in [-0.1, -0.05) is 13.8 Å². The van der Waals surface area contributed by atoms with Gasteiger partial charge in [-0.3, -0.25) is 14.8 Å². The van der Waals surface area contributed by atoms with Gasteiger partial charge in [-0.2, -0.15) is 0 Å². The van der Waals surface area contributed by atoms with Gasteiger partial charge in [0.2, 0.25) is 5.95 Å². The van der Waals surface area contributed by atoms with Gasteiger partial charge in [0, 0.05) is 19.3 Å². The van der Waals surface area contributed by atoms with E-state index in [9.17, 15) is 4.79 Å². The van der Waals surface area contributed by atoms with Crippen molar-refractivity contribution in [1.82, 2.24) is 15.0 Å². The van der Waals surface area contributed by atoms with E-state index < -0.39 is 0 Å². The van der Waals surface area contributed by atoms with Crippen LogP contribution in [0.15, 0.2) is 23.3 Å². The number of fused-ring (bicyclic) bond motifs is 1. The SMILES string of the molecule is CCCN(CCC)c1nc2cnccc2c(=O)[nH]1. The predicted molar refractivity (Wildman–Crippen MR) is 73.0 cm³/mol. The molecule has 5 heteroatoms. The van der Waals surface area contributed by atoms with Gasteiger partial charge in [0.05, 0.1) is 17.1 Å². The Morgan fingerprint density at radius 2 is 2.00 bits per heavy atom. The molecule has 18 heavy (non-hydrogen) atoms. The Morgan fingerprint density at radius 1 is 1.28 bits per heavy atom. The molecule has 0 aliphatic carbocycles. The lowest BCUT2D eigenvalue weighted by atomic mass is 10.3. The first-order valence-corrected chi connectivity index (χ1v) is 6.35. The second kappa shape index (κ2) is 5.62. The summed E-state index contributed by atoms with van der Waals surface area (Å²) in [7, 11) is 0. The molecule has 0 radical (unpaired) electrons. The zero-order chi connectivity index (χ0) is 13.0. The summed E-state index contributed by atoms with van der Waals surface area (Å²) < 4.78 is 0. The molecule has 2 rings (SSSR count). The molecule has 2 heterocycles. The molecule has 96 valence electrons. The van der Waals surface area contributed by atoms with Crippen molar-refractivity contribution in [2.24, 2.45) is 0 Å². The minimum Gasteiger partial charge on any atom is -0.342 e. The van der Waals surface area contributed by atoms with E-state index >= 15 is 0 Å². The Balaban J connectivity index is 2.47. The largest absolute Gasteiger partial charge is 0.342 e. The third kappa shape index (κ3) is 2.50. The van der Waals surface area contributed by atoms with Crippen molar-refractivity contribution in [3.63, 3.8) is 0 Å². The van der Waals surface area contributed by atoms with E-state index in [0.29, 0.717) is 16.9 Å². The number of hydrogen-bond acceptors (Lipinski definition) is 4. The first-order valence-electron chi connectivity index (χ1n) is 6.35. The summed E-state index contributed by atoms with van der Waals surface area (Å²) in [5.41, 5.74) is 0.545. The van der Waals surface area contributed by atoms with E-state index in [-0.39, 0.29) is 5.56 Å². The highest BCUT2D eigenvalue weighted by Gasteiger charge is 2.09. The molecule has 0 saturated heterocycles. The Labute approximate surface area is 106 Å². The van der Waals surface area contributed by atoms with Crippen LogP contribution in [-0.2, 0) is 0 Å². The van der Waals surface area contributed by atoms with Crippen molar-refractivity contribution < 1.29 is 0 Å². The maximum Gasteiger partial charge on any atom is 0.260 e. The average Bonchev–Trinajstić information content (AvgIpc) is 2.38. The van der Waals surface area contributed by atoms with E-state index in [1.54, 1.807) is 18.5 Å². The zero-order valence-electron chi connectivity index (χ0n) is 10.8. The molecule has 5 nitrogen and oxygen atoms in total. The maximum absolute atomic E-state index is 12.0. The van der Waals surface area contributed by atoms with E-state index in [4.69, 9.17) is 0 Å². The van der Waals surface area contributed by atoms with E-state index in [0.717, 1.165) is 25.9 Å². The van der Waals surface area contributed by atoms with Gasteiger partial charge >= 0.3 is 0 Å². The van der Waals surface area contributed by atoms with Crippen LogP contribution in [0.5, 0.6) is 0 Å². The highest BCUT2D eigenvalue weighted by molar-refractivity contribution is 5.77. The number of anilines is 1. The van der Waals surface area contributed by atoms with Crippen LogP contribution in [0.25, 0.3) is 10.9 Å². The fourth-order valence-corrected chi connectivity index (χ4v) is 1.99. The van der Waals surface area contributed by atoms with Gasteiger partial charge in [0.15, 0.2) is 0 Å². The standard InChI is InChI=1S/C13H18N4O/c1-3-7-17(8-4-2)13-15-11-9-14-6-5-10(11)12(18)16-13/h5-6,9H,3-4,7-8H2,1-2H3,(H,15,16,18). The summed E-state index contributed by atoms with van der Waals surface area (Å²) in [5.74, 6) is 0.643. The molecular weight excluding hydrogens is 228 g/mol. The monoisotopic (exact) mass is 246 g/mol. The van der Waals surface area contributed by atoms with Gasteiger partial charge in [0.1, 0.15) is 0 Å². The van der Waals surface area contributed by atoms with Crippen molar-refractivity contribution in [3.8, 4) is 0 Å². The molecule has 0 fully saturated rings. The number of hydrogen-bond donors (Lipinski definition) is 1. The fourth-order valence-electron chi connectivity index (χ4n) is 1.99. The van der Waals surface area contributed by atoms with Crippen molar-refractivity contribution in [1.29, 1.82) is 0 Å². The van der Waals surface area contributed by atoms with E-state index in [1.165, 1.54) is 0 Å². The molecule has 2 aromatic heterocycles. The number of H-pyrrole nitrogens is 1. The Bertz CT molecular complexity index is 572. The Hall–Kier alpha value is -1.91. The minimum atomic E-state index is -0.102. The van der Waals surface area contributed by atoms with Crippen LogP contribution in [0.3, 0.4) is 0 Å². The maximum atomic E-state index is 12.0. The summed E-state index contributed by atoms with van der Waals surface area (Å²) in [6, 6.07) is 1.69. The third-order valence-electron chi connectivity index (χ3n) is 2.78. The summed E-state index contributed by atoms with van der Waals surface area (Å²) in [6.45, 7) is 6.01. The van der Waals surface area contributed by atoms with Crippen LogP contribution < -0.4 is 10.5 Å². The fraction of sp³-hybridized carbons (Fsp3) is 0.462. The van der Waals surface area contributed by atoms with Crippen LogP contribution in [0.1, 0.15) is 26.7 Å². The van der Waals surface area contributed by atoms with Gasteiger partial charge in [-0.25, -0.2) is 4.98 Å². The van der Waals surface area contributed by atoms with Crippen LogP contribution in [-0.4, -0.2) is 28.0 Å². The number of aromatic nitrogens is 3. The minimum absolute atomic E-state index is 0.102. The third-order valence-corrected chi connectivity index (χ3v) is 2.78. The quantitative estimate of drug-likeness (QED) is 0.875. The molecule has 0 aromatic carbocycles. The lowest BCUT2D eigenvalue weighted by molar-refractivity contribution is 0.722. The topological polar surface area (TPSA) is 61.9 Å². The molecule has 0 aliphatic heterocycles. The van der Waals surface area contributed by atoms with Crippen LogP contribution >= 0.6 is 0 Å². The lowest BCUT2D eigenvalue weighted by Crippen LogP contribution is -2.29. The average molecular weight is 246 g/mol. The summed E-state index contributed by atoms with van der Waals surface area (Å²) in [6.07, 6.45) is 5.28. The molecule has 0 amide bonds. The molecule has 2 aromatic rings. The number of nitrogens with zero attached hydrogens (tertiary/aromatic N) is 3. The second-order valence-electron chi connectivity index (χ2n) is 4.27. The normalized spacial score (nSPS) is 10.8. The summed E-state index contributed by atoms with van der Waals surface area (Å²) in [4.78, 5) is 25.4. The first-order chi connectivity index (χ1) is 8.76. The van der Waals surface area contributed by atoms with Crippen molar-refractivity contribution in [2.45, 2.75) is 26.7 Å². The highest BCUT2D eigenvalue weighted by Crippen LogP contribution is 2.11. The molecule has 1 N–H and O–H groups in total. The highest BCUT2D eigenvalue weighted by atomic mass is 16.1. The second-order valence-corrected chi connectivity index (χ2v) is 4.27. The number of nitrogens with one attached hydrogen (secondary N) is 1. The van der Waals surface area contributed by atoms with Crippen molar-refractivity contribution in [3.05, 3.63) is 28.8 Å². The van der Waals surface area contributed by atoms with Gasteiger partial charge in [-0.05, 0) is 18.9 Å². The smallest absolute Gasteiger partial charge is 0.260 e. The van der Waals surface area contributed by atoms with Gasteiger partial charge in [-0.15, -0.1) is 0 Å². The van der Waals surface area contributed by atoms with E-state index in [2.05, 4.69) is 33.7 Å². The van der Waals surface area contributed by atoms with Crippen LogP contribution in [0, 0.1) is 0 Å². The molecule has 0 bridgehead atoms. The Kier molecular flexibility index (Phi) is 3.92. The lowest BCUT2D eigenvalue weighted by Gasteiger charge is -2.21.